The number of benzene rings is 1. The fourth-order valence-electron chi connectivity index (χ4n) is 6.18. The van der Waals surface area contributed by atoms with E-state index in [0.717, 1.165) is 43.6 Å². The van der Waals surface area contributed by atoms with Gasteiger partial charge in [0.25, 0.3) is 0 Å². The predicted octanol–water partition coefficient (Wildman–Crippen LogP) is 2.35. The first-order chi connectivity index (χ1) is 14.6. The highest BCUT2D eigenvalue weighted by atomic mass is 16.5. The number of hydrogen-bond donors (Lipinski definition) is 1. The Morgan fingerprint density at radius 1 is 1.23 bits per heavy atom. The lowest BCUT2D eigenvalue weighted by molar-refractivity contribution is -0.138. The molecule has 0 aromatic heterocycles. The Kier molecular flexibility index (Phi) is 4.20. The standard InChI is InChI=1S/C24H28N2O4/c27-22(25-13-15-7-8-18-16(12-15)4-3-11-29-18)20-19-9-10-24(30-19)14-26(23(28)21(20)24)17-5-1-2-6-17/h7-10,12,17,19-21H,1-6,11,13-14H2,(H,25,27)/t19-,20+,21+,24+/m1/s1. The Morgan fingerprint density at radius 3 is 2.97 bits per heavy atom. The van der Waals surface area contributed by atoms with Crippen LogP contribution in [-0.4, -0.2) is 47.6 Å². The number of amides is 2. The molecule has 1 aliphatic carbocycles. The molecule has 4 atom stereocenters. The average Bonchev–Trinajstić information content (AvgIpc) is 3.54. The third-order valence-electron chi connectivity index (χ3n) is 7.64. The van der Waals surface area contributed by atoms with Crippen molar-refractivity contribution < 1.29 is 19.1 Å². The summed E-state index contributed by atoms with van der Waals surface area (Å²) in [6.45, 7) is 1.83. The van der Waals surface area contributed by atoms with Crippen molar-refractivity contribution in [2.75, 3.05) is 13.2 Å². The lowest BCUT2D eigenvalue weighted by atomic mass is 9.77. The van der Waals surface area contributed by atoms with Crippen LogP contribution >= 0.6 is 0 Å². The SMILES string of the molecule is O=C(NCc1ccc2c(c1)CCCO2)[C@@H]1[C@H]2C(=O)N(C3CCCC3)C[C@@]23C=C[C@H]1O3. The molecule has 1 aromatic carbocycles. The molecule has 0 radical (unpaired) electrons. The van der Waals surface area contributed by atoms with Crippen LogP contribution in [0.2, 0.25) is 0 Å². The van der Waals surface area contributed by atoms with E-state index in [1.165, 1.54) is 18.4 Å². The second kappa shape index (κ2) is 6.84. The van der Waals surface area contributed by atoms with E-state index in [1.54, 1.807) is 0 Å². The van der Waals surface area contributed by atoms with Gasteiger partial charge in [0, 0.05) is 12.6 Å². The first-order valence-corrected chi connectivity index (χ1v) is 11.3. The van der Waals surface area contributed by atoms with E-state index < -0.39 is 11.5 Å². The Balaban J connectivity index is 1.18. The van der Waals surface area contributed by atoms with Crippen LogP contribution in [0.25, 0.3) is 0 Å². The molecule has 1 spiro atoms. The van der Waals surface area contributed by atoms with Crippen molar-refractivity contribution in [2.24, 2.45) is 11.8 Å². The number of hydrogen-bond acceptors (Lipinski definition) is 4. The molecule has 6 rings (SSSR count). The van der Waals surface area contributed by atoms with Gasteiger partial charge in [0.2, 0.25) is 11.8 Å². The molecule has 2 amide bonds. The van der Waals surface area contributed by atoms with Gasteiger partial charge in [-0.1, -0.05) is 37.1 Å². The zero-order valence-corrected chi connectivity index (χ0v) is 17.1. The summed E-state index contributed by atoms with van der Waals surface area (Å²) in [4.78, 5) is 28.5. The minimum absolute atomic E-state index is 0.0770. The number of nitrogens with zero attached hydrogens (tertiary/aromatic N) is 1. The van der Waals surface area contributed by atoms with Gasteiger partial charge in [-0.05, 0) is 42.9 Å². The van der Waals surface area contributed by atoms with Crippen molar-refractivity contribution in [3.8, 4) is 5.75 Å². The molecule has 3 fully saturated rings. The maximum atomic E-state index is 13.3. The van der Waals surface area contributed by atoms with Gasteiger partial charge < -0.3 is 19.7 Å². The fourth-order valence-corrected chi connectivity index (χ4v) is 6.18. The highest BCUT2D eigenvalue weighted by molar-refractivity contribution is 5.93. The van der Waals surface area contributed by atoms with Crippen molar-refractivity contribution in [1.29, 1.82) is 0 Å². The van der Waals surface area contributed by atoms with Crippen LogP contribution < -0.4 is 10.1 Å². The predicted molar refractivity (Wildman–Crippen MR) is 110 cm³/mol. The number of aryl methyl sites for hydroxylation is 1. The molecular weight excluding hydrogens is 380 g/mol. The number of likely N-dealkylation sites (tertiary alicyclic amines) is 1. The second-order valence-electron chi connectivity index (χ2n) is 9.42. The van der Waals surface area contributed by atoms with Crippen molar-refractivity contribution >= 4 is 11.8 Å². The summed E-state index contributed by atoms with van der Waals surface area (Å²) in [5.74, 6) is 0.167. The van der Waals surface area contributed by atoms with Gasteiger partial charge in [0.1, 0.15) is 11.4 Å². The molecule has 0 unspecified atom stereocenters. The largest absolute Gasteiger partial charge is 0.493 e. The van der Waals surface area contributed by atoms with Gasteiger partial charge in [-0.25, -0.2) is 0 Å². The normalized spacial score (nSPS) is 34.2. The zero-order chi connectivity index (χ0) is 20.3. The van der Waals surface area contributed by atoms with Gasteiger partial charge in [0.15, 0.2) is 0 Å². The fraction of sp³-hybridized carbons (Fsp3) is 0.583. The van der Waals surface area contributed by atoms with Crippen molar-refractivity contribution in [2.45, 2.75) is 62.8 Å². The molecule has 1 N–H and O–H groups in total. The maximum Gasteiger partial charge on any atom is 0.230 e. The number of carbonyl (C=O) groups is 2. The minimum atomic E-state index is -0.602. The molecule has 4 aliphatic heterocycles. The summed E-state index contributed by atoms with van der Waals surface area (Å²) in [7, 11) is 0. The van der Waals surface area contributed by atoms with E-state index in [2.05, 4.69) is 11.4 Å². The molecule has 30 heavy (non-hydrogen) atoms. The summed E-state index contributed by atoms with van der Waals surface area (Å²) in [5, 5.41) is 3.08. The Labute approximate surface area is 176 Å². The van der Waals surface area contributed by atoms with Crippen LogP contribution in [0, 0.1) is 11.8 Å². The monoisotopic (exact) mass is 408 g/mol. The smallest absolute Gasteiger partial charge is 0.230 e. The molecule has 4 heterocycles. The van der Waals surface area contributed by atoms with Crippen molar-refractivity contribution in [3.05, 3.63) is 41.5 Å². The topological polar surface area (TPSA) is 67.9 Å². The molecule has 158 valence electrons. The van der Waals surface area contributed by atoms with Crippen LogP contribution in [0.3, 0.4) is 0 Å². The molecule has 2 bridgehead atoms. The molecule has 6 nitrogen and oxygen atoms in total. The summed E-state index contributed by atoms with van der Waals surface area (Å²) in [6.07, 6.45) is 10.3. The number of fused-ring (bicyclic) bond motifs is 2. The third-order valence-corrected chi connectivity index (χ3v) is 7.64. The van der Waals surface area contributed by atoms with E-state index in [1.807, 2.05) is 29.2 Å². The van der Waals surface area contributed by atoms with E-state index in [4.69, 9.17) is 9.47 Å². The Morgan fingerprint density at radius 2 is 2.10 bits per heavy atom. The van der Waals surface area contributed by atoms with E-state index in [9.17, 15) is 9.59 Å². The zero-order valence-electron chi connectivity index (χ0n) is 17.1. The Hall–Kier alpha value is -2.34. The van der Waals surface area contributed by atoms with Crippen LogP contribution in [0.15, 0.2) is 30.4 Å². The number of nitrogens with one attached hydrogen (secondary N) is 1. The van der Waals surface area contributed by atoms with E-state index in [0.29, 0.717) is 19.1 Å². The van der Waals surface area contributed by atoms with Gasteiger partial charge >= 0.3 is 0 Å². The maximum absolute atomic E-state index is 13.3. The molecule has 5 aliphatic rings. The van der Waals surface area contributed by atoms with Gasteiger partial charge in [0.05, 0.1) is 31.1 Å². The first kappa shape index (κ1) is 18.4. The van der Waals surface area contributed by atoms with E-state index >= 15 is 0 Å². The van der Waals surface area contributed by atoms with Crippen LogP contribution in [-0.2, 0) is 27.3 Å². The van der Waals surface area contributed by atoms with Crippen LogP contribution in [0.4, 0.5) is 0 Å². The molecule has 2 saturated heterocycles. The highest BCUT2D eigenvalue weighted by Crippen LogP contribution is 2.53. The van der Waals surface area contributed by atoms with Crippen molar-refractivity contribution in [1.82, 2.24) is 10.2 Å². The van der Waals surface area contributed by atoms with Crippen LogP contribution in [0.5, 0.6) is 5.75 Å². The highest BCUT2D eigenvalue weighted by Gasteiger charge is 2.67. The summed E-state index contributed by atoms with van der Waals surface area (Å²) in [5.41, 5.74) is 1.67. The first-order valence-electron chi connectivity index (χ1n) is 11.3. The lowest BCUT2D eigenvalue weighted by Crippen LogP contribution is -2.44. The number of rotatable bonds is 4. The number of ether oxygens (including phenoxy) is 2. The quantitative estimate of drug-likeness (QED) is 0.777. The molecule has 1 aromatic rings. The molecule has 6 heteroatoms. The van der Waals surface area contributed by atoms with Gasteiger partial charge in [-0.15, -0.1) is 0 Å². The Bertz CT molecular complexity index is 922. The van der Waals surface area contributed by atoms with Crippen molar-refractivity contribution in [3.63, 3.8) is 0 Å². The third kappa shape index (κ3) is 2.73. The summed E-state index contributed by atoms with van der Waals surface area (Å²) >= 11 is 0. The average molecular weight is 408 g/mol. The molecular formula is C24H28N2O4. The van der Waals surface area contributed by atoms with Gasteiger partial charge in [-0.3, -0.25) is 9.59 Å². The second-order valence-corrected chi connectivity index (χ2v) is 9.42. The minimum Gasteiger partial charge on any atom is -0.493 e. The molecule has 1 saturated carbocycles. The number of carbonyl (C=O) groups excluding carboxylic acids is 2. The lowest BCUT2D eigenvalue weighted by Gasteiger charge is -2.27. The summed E-state index contributed by atoms with van der Waals surface area (Å²) < 4.78 is 11.9. The van der Waals surface area contributed by atoms with Gasteiger partial charge in [-0.2, -0.15) is 0 Å². The summed E-state index contributed by atoms with van der Waals surface area (Å²) in [6, 6.07) is 6.44. The van der Waals surface area contributed by atoms with Crippen LogP contribution in [0.1, 0.15) is 43.2 Å². The van der Waals surface area contributed by atoms with E-state index in [-0.39, 0.29) is 23.8 Å².